The molecule has 0 fully saturated rings. The van der Waals surface area contributed by atoms with Crippen molar-refractivity contribution in [1.29, 1.82) is 0 Å². The van der Waals surface area contributed by atoms with Gasteiger partial charge in [0.2, 0.25) is 0 Å². The Kier molecular flexibility index (Phi) is 4.52. The van der Waals surface area contributed by atoms with Crippen LogP contribution in [-0.2, 0) is 6.54 Å². The quantitative estimate of drug-likeness (QED) is 0.867. The van der Waals surface area contributed by atoms with Gasteiger partial charge in [0.15, 0.2) is 0 Å². The fourth-order valence-electron chi connectivity index (χ4n) is 2.06. The molecule has 1 rings (SSSR count). The van der Waals surface area contributed by atoms with Crippen LogP contribution in [0.25, 0.3) is 0 Å². The monoisotopic (exact) mass is 238 g/mol. The summed E-state index contributed by atoms with van der Waals surface area (Å²) < 4.78 is 13.2. The molecular formula is C14H23FN2. The SMILES string of the molecule is CNCc1cc(F)ccc1N(C)CC(C)(C)C. The van der Waals surface area contributed by atoms with Crippen molar-refractivity contribution in [2.24, 2.45) is 5.41 Å². The van der Waals surface area contributed by atoms with E-state index in [1.165, 1.54) is 6.07 Å². The number of nitrogens with one attached hydrogen (secondary N) is 1. The first-order valence-electron chi connectivity index (χ1n) is 5.97. The third-order valence-corrected chi connectivity index (χ3v) is 2.53. The number of rotatable bonds is 4. The van der Waals surface area contributed by atoms with Crippen LogP contribution < -0.4 is 10.2 Å². The first-order chi connectivity index (χ1) is 7.83. The third-order valence-electron chi connectivity index (χ3n) is 2.53. The average molecular weight is 238 g/mol. The van der Waals surface area contributed by atoms with E-state index in [9.17, 15) is 4.39 Å². The van der Waals surface area contributed by atoms with E-state index in [2.05, 4.69) is 38.0 Å². The molecule has 96 valence electrons. The zero-order valence-corrected chi connectivity index (χ0v) is 11.5. The summed E-state index contributed by atoms with van der Waals surface area (Å²) in [5.74, 6) is -0.178. The van der Waals surface area contributed by atoms with Gasteiger partial charge in [-0.15, -0.1) is 0 Å². The molecule has 0 heterocycles. The second-order valence-corrected chi connectivity index (χ2v) is 5.72. The number of hydrogen-bond acceptors (Lipinski definition) is 2. The average Bonchev–Trinajstić information content (AvgIpc) is 2.15. The Labute approximate surface area is 104 Å². The van der Waals surface area contributed by atoms with E-state index in [1.54, 1.807) is 6.07 Å². The van der Waals surface area contributed by atoms with Crippen LogP contribution in [0.4, 0.5) is 10.1 Å². The van der Waals surface area contributed by atoms with Crippen molar-refractivity contribution >= 4 is 5.69 Å². The fourth-order valence-corrected chi connectivity index (χ4v) is 2.06. The normalized spacial score (nSPS) is 11.6. The third kappa shape index (κ3) is 4.35. The lowest BCUT2D eigenvalue weighted by molar-refractivity contribution is 0.418. The van der Waals surface area contributed by atoms with Crippen LogP contribution in [0.2, 0.25) is 0 Å². The summed E-state index contributed by atoms with van der Waals surface area (Å²) in [7, 11) is 3.93. The molecule has 0 saturated heterocycles. The molecule has 0 radical (unpaired) electrons. The van der Waals surface area contributed by atoms with Crippen LogP contribution in [0.15, 0.2) is 18.2 Å². The van der Waals surface area contributed by atoms with E-state index >= 15 is 0 Å². The topological polar surface area (TPSA) is 15.3 Å². The summed E-state index contributed by atoms with van der Waals surface area (Å²) in [6.07, 6.45) is 0. The molecule has 2 nitrogen and oxygen atoms in total. The molecule has 0 amide bonds. The molecule has 0 aliphatic carbocycles. The number of hydrogen-bond donors (Lipinski definition) is 1. The van der Waals surface area contributed by atoms with Gasteiger partial charge in [0.05, 0.1) is 0 Å². The van der Waals surface area contributed by atoms with Gasteiger partial charge in [-0.2, -0.15) is 0 Å². The largest absolute Gasteiger partial charge is 0.374 e. The van der Waals surface area contributed by atoms with E-state index < -0.39 is 0 Å². The van der Waals surface area contributed by atoms with Crippen LogP contribution in [0, 0.1) is 11.2 Å². The summed E-state index contributed by atoms with van der Waals surface area (Å²) in [6, 6.07) is 4.98. The standard InChI is InChI=1S/C14H23FN2/c1-14(2,3)10-17(5)13-7-6-12(15)8-11(13)9-16-4/h6-8,16H,9-10H2,1-5H3. The molecule has 1 aromatic carbocycles. The molecule has 17 heavy (non-hydrogen) atoms. The first-order valence-corrected chi connectivity index (χ1v) is 5.97. The minimum absolute atomic E-state index is 0.178. The Morgan fingerprint density at radius 2 is 1.94 bits per heavy atom. The van der Waals surface area contributed by atoms with Gasteiger partial charge in [0.25, 0.3) is 0 Å². The zero-order valence-electron chi connectivity index (χ0n) is 11.5. The molecule has 0 saturated carbocycles. The zero-order chi connectivity index (χ0) is 13.1. The molecule has 0 atom stereocenters. The van der Waals surface area contributed by atoms with Gasteiger partial charge in [0.1, 0.15) is 5.82 Å². The number of anilines is 1. The highest BCUT2D eigenvalue weighted by atomic mass is 19.1. The van der Waals surface area contributed by atoms with Gasteiger partial charge in [-0.1, -0.05) is 20.8 Å². The van der Waals surface area contributed by atoms with Crippen LogP contribution in [0.1, 0.15) is 26.3 Å². The van der Waals surface area contributed by atoms with Gasteiger partial charge in [0, 0.05) is 25.8 Å². The molecule has 0 bridgehead atoms. The molecular weight excluding hydrogens is 215 g/mol. The fraction of sp³-hybridized carbons (Fsp3) is 0.571. The molecule has 0 aromatic heterocycles. The van der Waals surface area contributed by atoms with Crippen LogP contribution in [-0.4, -0.2) is 20.6 Å². The Morgan fingerprint density at radius 1 is 1.29 bits per heavy atom. The molecule has 1 N–H and O–H groups in total. The van der Waals surface area contributed by atoms with Crippen molar-refractivity contribution in [2.75, 3.05) is 25.5 Å². The second-order valence-electron chi connectivity index (χ2n) is 5.72. The lowest BCUT2D eigenvalue weighted by Crippen LogP contribution is -2.30. The van der Waals surface area contributed by atoms with Crippen LogP contribution in [0.3, 0.4) is 0 Å². The summed E-state index contributed by atoms with van der Waals surface area (Å²) in [5, 5.41) is 3.08. The van der Waals surface area contributed by atoms with E-state index in [0.29, 0.717) is 6.54 Å². The smallest absolute Gasteiger partial charge is 0.123 e. The van der Waals surface area contributed by atoms with Crippen molar-refractivity contribution < 1.29 is 4.39 Å². The van der Waals surface area contributed by atoms with Gasteiger partial charge < -0.3 is 10.2 Å². The van der Waals surface area contributed by atoms with Crippen molar-refractivity contribution in [3.05, 3.63) is 29.6 Å². The minimum atomic E-state index is -0.178. The number of nitrogens with zero attached hydrogens (tertiary/aromatic N) is 1. The molecule has 0 unspecified atom stereocenters. The molecule has 0 aliphatic heterocycles. The Balaban J connectivity index is 2.95. The minimum Gasteiger partial charge on any atom is -0.374 e. The molecule has 0 aliphatic rings. The maximum Gasteiger partial charge on any atom is 0.123 e. The molecule has 0 spiro atoms. The number of benzene rings is 1. The molecule has 3 heteroatoms. The van der Waals surface area contributed by atoms with Crippen molar-refractivity contribution in [3.63, 3.8) is 0 Å². The lowest BCUT2D eigenvalue weighted by atomic mass is 9.95. The Bertz CT molecular complexity index is 369. The van der Waals surface area contributed by atoms with E-state index in [4.69, 9.17) is 0 Å². The van der Waals surface area contributed by atoms with Gasteiger partial charge in [-0.25, -0.2) is 4.39 Å². The number of halogens is 1. The highest BCUT2D eigenvalue weighted by Crippen LogP contribution is 2.24. The Morgan fingerprint density at radius 3 is 2.47 bits per heavy atom. The van der Waals surface area contributed by atoms with Crippen molar-refractivity contribution in [2.45, 2.75) is 27.3 Å². The summed E-state index contributed by atoms with van der Waals surface area (Å²) in [6.45, 7) is 8.22. The predicted molar refractivity (Wildman–Crippen MR) is 71.9 cm³/mol. The van der Waals surface area contributed by atoms with E-state index in [1.807, 2.05) is 13.1 Å². The van der Waals surface area contributed by atoms with Gasteiger partial charge >= 0.3 is 0 Å². The highest BCUT2D eigenvalue weighted by molar-refractivity contribution is 5.53. The lowest BCUT2D eigenvalue weighted by Gasteiger charge is -2.30. The predicted octanol–water partition coefficient (Wildman–Crippen LogP) is 3.03. The molecule has 1 aromatic rings. The Hall–Kier alpha value is -1.09. The first kappa shape index (κ1) is 14.0. The maximum atomic E-state index is 13.2. The van der Waals surface area contributed by atoms with E-state index in [-0.39, 0.29) is 11.2 Å². The van der Waals surface area contributed by atoms with Gasteiger partial charge in [-0.3, -0.25) is 0 Å². The van der Waals surface area contributed by atoms with Crippen molar-refractivity contribution in [3.8, 4) is 0 Å². The van der Waals surface area contributed by atoms with E-state index in [0.717, 1.165) is 17.8 Å². The van der Waals surface area contributed by atoms with Gasteiger partial charge in [-0.05, 0) is 36.2 Å². The summed E-state index contributed by atoms with van der Waals surface area (Å²) in [5.41, 5.74) is 2.31. The van der Waals surface area contributed by atoms with Crippen LogP contribution >= 0.6 is 0 Å². The second kappa shape index (κ2) is 5.50. The summed E-state index contributed by atoms with van der Waals surface area (Å²) in [4.78, 5) is 2.19. The maximum absolute atomic E-state index is 13.2. The van der Waals surface area contributed by atoms with Crippen LogP contribution in [0.5, 0.6) is 0 Å². The highest BCUT2D eigenvalue weighted by Gasteiger charge is 2.16. The summed E-state index contributed by atoms with van der Waals surface area (Å²) >= 11 is 0. The van der Waals surface area contributed by atoms with Crippen molar-refractivity contribution in [1.82, 2.24) is 5.32 Å².